The predicted octanol–water partition coefficient (Wildman–Crippen LogP) is 3.22. The molecular formula is C20H17NO4. The number of rotatable bonds is 2. The first-order chi connectivity index (χ1) is 12.1. The molecule has 5 nitrogen and oxygen atoms in total. The summed E-state index contributed by atoms with van der Waals surface area (Å²) in [5, 5.41) is 20.0. The molecule has 0 saturated carbocycles. The van der Waals surface area contributed by atoms with Crippen LogP contribution in [0.5, 0.6) is 5.75 Å². The number of fused-ring (bicyclic) bond motifs is 3. The van der Waals surface area contributed by atoms with Crippen molar-refractivity contribution < 1.29 is 19.8 Å². The third-order valence-electron chi connectivity index (χ3n) is 4.92. The summed E-state index contributed by atoms with van der Waals surface area (Å²) in [6.07, 6.45) is 1.41. The molecule has 25 heavy (non-hydrogen) atoms. The fourth-order valence-corrected chi connectivity index (χ4v) is 3.70. The Morgan fingerprint density at radius 2 is 1.84 bits per heavy atom. The molecule has 0 spiro atoms. The van der Waals surface area contributed by atoms with E-state index < -0.39 is 11.9 Å². The lowest BCUT2D eigenvalue weighted by Gasteiger charge is -2.20. The third kappa shape index (κ3) is 2.48. The zero-order valence-electron chi connectivity index (χ0n) is 13.5. The van der Waals surface area contributed by atoms with Crippen LogP contribution in [-0.4, -0.2) is 26.7 Å². The Morgan fingerprint density at radius 1 is 1.08 bits per heavy atom. The Hall–Kier alpha value is -3.08. The molecule has 1 unspecified atom stereocenters. The molecular weight excluding hydrogens is 318 g/mol. The lowest BCUT2D eigenvalue weighted by atomic mass is 9.86. The Kier molecular flexibility index (Phi) is 3.57. The minimum absolute atomic E-state index is 0.108. The highest BCUT2D eigenvalue weighted by Crippen LogP contribution is 2.36. The molecule has 2 aromatic carbocycles. The van der Waals surface area contributed by atoms with Gasteiger partial charge >= 0.3 is 5.97 Å². The molecule has 0 fully saturated rings. The van der Waals surface area contributed by atoms with Crippen molar-refractivity contribution in [3.05, 3.63) is 65.4 Å². The molecule has 1 aliphatic carbocycles. The van der Waals surface area contributed by atoms with E-state index >= 15 is 0 Å². The predicted molar refractivity (Wildman–Crippen MR) is 92.9 cm³/mol. The van der Waals surface area contributed by atoms with E-state index in [9.17, 15) is 19.8 Å². The van der Waals surface area contributed by atoms with E-state index in [-0.39, 0.29) is 11.7 Å². The van der Waals surface area contributed by atoms with Crippen molar-refractivity contribution in [1.82, 2.24) is 4.57 Å². The van der Waals surface area contributed by atoms with Crippen molar-refractivity contribution in [2.45, 2.75) is 19.3 Å². The minimum atomic E-state index is -0.818. The van der Waals surface area contributed by atoms with Crippen LogP contribution in [0.25, 0.3) is 10.9 Å². The van der Waals surface area contributed by atoms with E-state index in [1.54, 1.807) is 34.9 Å². The molecule has 126 valence electrons. The van der Waals surface area contributed by atoms with Crippen LogP contribution in [-0.2, 0) is 17.6 Å². The van der Waals surface area contributed by atoms with Crippen molar-refractivity contribution in [3.8, 4) is 5.75 Å². The number of aliphatic carboxylic acids is 1. The summed E-state index contributed by atoms with van der Waals surface area (Å²) in [6.45, 7) is 0. The van der Waals surface area contributed by atoms with Crippen molar-refractivity contribution in [2.24, 2.45) is 5.92 Å². The van der Waals surface area contributed by atoms with Crippen molar-refractivity contribution in [2.75, 3.05) is 0 Å². The average Bonchev–Trinajstić information content (AvgIpc) is 2.94. The summed E-state index contributed by atoms with van der Waals surface area (Å²) in [7, 11) is 0. The highest BCUT2D eigenvalue weighted by atomic mass is 16.4. The van der Waals surface area contributed by atoms with Crippen LogP contribution < -0.4 is 0 Å². The number of phenols is 1. The number of aromatic nitrogens is 1. The normalized spacial score (nSPS) is 16.6. The number of nitrogens with zero attached hydrogens (tertiary/aromatic N) is 1. The van der Waals surface area contributed by atoms with Gasteiger partial charge in [-0.2, -0.15) is 0 Å². The molecule has 5 heteroatoms. The Bertz CT molecular complexity index is 988. The van der Waals surface area contributed by atoms with Gasteiger partial charge < -0.3 is 10.2 Å². The van der Waals surface area contributed by atoms with Gasteiger partial charge in [0.15, 0.2) is 0 Å². The van der Waals surface area contributed by atoms with Crippen molar-refractivity contribution >= 4 is 22.8 Å². The number of benzene rings is 2. The highest BCUT2D eigenvalue weighted by molar-refractivity contribution is 6.04. The molecule has 1 heterocycles. The number of carbonyl (C=O) groups is 2. The quantitative estimate of drug-likeness (QED) is 0.753. The molecule has 0 radical (unpaired) electrons. The SMILES string of the molecule is O=C(O)C1CCc2c(c3cc(O)ccc3n2C(=O)c2ccccc2)C1. The minimum Gasteiger partial charge on any atom is -0.508 e. The standard InChI is InChI=1S/C20H17NO4/c22-14-7-9-18-16(11-14)15-10-13(20(24)25)6-8-17(15)21(18)19(23)12-4-2-1-3-5-12/h1-5,7,9,11,13,22H,6,8,10H2,(H,24,25). The molecule has 3 aromatic rings. The third-order valence-corrected chi connectivity index (χ3v) is 4.92. The maximum atomic E-state index is 13.1. The van der Waals surface area contributed by atoms with Crippen LogP contribution in [0.1, 0.15) is 28.0 Å². The molecule has 1 aliphatic rings. The van der Waals surface area contributed by atoms with Gasteiger partial charge in [0, 0.05) is 16.6 Å². The Morgan fingerprint density at radius 3 is 2.56 bits per heavy atom. The molecule has 0 saturated heterocycles. The topological polar surface area (TPSA) is 79.5 Å². The van der Waals surface area contributed by atoms with Gasteiger partial charge in [0.25, 0.3) is 5.91 Å². The first kappa shape index (κ1) is 15.4. The summed E-state index contributed by atoms with van der Waals surface area (Å²) in [6, 6.07) is 13.9. The molecule has 2 N–H and O–H groups in total. The Labute approximate surface area is 144 Å². The summed E-state index contributed by atoms with van der Waals surface area (Å²) in [5.41, 5.74) is 3.00. The van der Waals surface area contributed by atoms with Crippen LogP contribution in [0.15, 0.2) is 48.5 Å². The van der Waals surface area contributed by atoms with Gasteiger partial charge in [-0.25, -0.2) is 0 Å². The number of carboxylic acids is 1. The van der Waals surface area contributed by atoms with Gasteiger partial charge in [0.2, 0.25) is 0 Å². The van der Waals surface area contributed by atoms with Gasteiger partial charge in [0.1, 0.15) is 5.75 Å². The van der Waals surface area contributed by atoms with E-state index in [2.05, 4.69) is 0 Å². The van der Waals surface area contributed by atoms with Crippen LogP contribution in [0.2, 0.25) is 0 Å². The summed E-state index contributed by atoms with van der Waals surface area (Å²) < 4.78 is 1.68. The first-order valence-corrected chi connectivity index (χ1v) is 8.24. The zero-order valence-corrected chi connectivity index (χ0v) is 13.5. The first-order valence-electron chi connectivity index (χ1n) is 8.24. The van der Waals surface area contributed by atoms with Crippen molar-refractivity contribution in [3.63, 3.8) is 0 Å². The van der Waals surface area contributed by atoms with Gasteiger partial charge in [-0.15, -0.1) is 0 Å². The van der Waals surface area contributed by atoms with E-state index in [0.29, 0.717) is 30.3 Å². The van der Waals surface area contributed by atoms with E-state index in [4.69, 9.17) is 0 Å². The lowest BCUT2D eigenvalue weighted by molar-refractivity contribution is -0.142. The van der Waals surface area contributed by atoms with Crippen LogP contribution >= 0.6 is 0 Å². The zero-order chi connectivity index (χ0) is 17.6. The van der Waals surface area contributed by atoms with Gasteiger partial charge in [0.05, 0.1) is 11.4 Å². The monoisotopic (exact) mass is 335 g/mol. The van der Waals surface area contributed by atoms with Gasteiger partial charge in [-0.3, -0.25) is 14.2 Å². The van der Waals surface area contributed by atoms with Crippen molar-refractivity contribution in [1.29, 1.82) is 0 Å². The smallest absolute Gasteiger partial charge is 0.306 e. The second kappa shape index (κ2) is 5.77. The highest BCUT2D eigenvalue weighted by Gasteiger charge is 2.31. The maximum Gasteiger partial charge on any atom is 0.306 e. The second-order valence-electron chi connectivity index (χ2n) is 6.41. The van der Waals surface area contributed by atoms with E-state index in [1.807, 2.05) is 18.2 Å². The molecule has 1 atom stereocenters. The lowest BCUT2D eigenvalue weighted by Crippen LogP contribution is -2.24. The fraction of sp³-hybridized carbons (Fsp3) is 0.200. The van der Waals surface area contributed by atoms with Crippen LogP contribution in [0.3, 0.4) is 0 Å². The molecule has 1 aromatic heterocycles. The van der Waals surface area contributed by atoms with E-state index in [1.165, 1.54) is 0 Å². The largest absolute Gasteiger partial charge is 0.508 e. The Balaban J connectivity index is 1.94. The molecule has 0 amide bonds. The number of phenolic OH excluding ortho intramolecular Hbond substituents is 1. The summed E-state index contributed by atoms with van der Waals surface area (Å²) in [5.74, 6) is -1.30. The van der Waals surface area contributed by atoms with Gasteiger partial charge in [-0.05, 0) is 55.2 Å². The number of hydrogen-bond acceptors (Lipinski definition) is 3. The molecule has 4 rings (SSSR count). The van der Waals surface area contributed by atoms with Crippen LogP contribution in [0.4, 0.5) is 0 Å². The molecule has 0 aliphatic heterocycles. The van der Waals surface area contributed by atoms with E-state index in [0.717, 1.165) is 16.6 Å². The van der Waals surface area contributed by atoms with Gasteiger partial charge in [-0.1, -0.05) is 18.2 Å². The fourth-order valence-electron chi connectivity index (χ4n) is 3.70. The summed E-state index contributed by atoms with van der Waals surface area (Å²) >= 11 is 0. The molecule has 0 bridgehead atoms. The number of hydrogen-bond donors (Lipinski definition) is 2. The second-order valence-corrected chi connectivity index (χ2v) is 6.41. The average molecular weight is 335 g/mol. The summed E-state index contributed by atoms with van der Waals surface area (Å²) in [4.78, 5) is 24.5. The van der Waals surface area contributed by atoms with Crippen LogP contribution in [0, 0.1) is 5.92 Å². The maximum absolute atomic E-state index is 13.1. The number of aromatic hydroxyl groups is 1. The number of carbonyl (C=O) groups excluding carboxylic acids is 1. The number of carboxylic acid groups (broad SMARTS) is 1.